The number of nitrogens with two attached hydrogens (primary N) is 1. The van der Waals surface area contributed by atoms with Crippen molar-refractivity contribution in [3.05, 3.63) is 54.1 Å². The summed E-state index contributed by atoms with van der Waals surface area (Å²) < 4.78 is 10.7. The Morgan fingerprint density at radius 1 is 1.16 bits per heavy atom. The van der Waals surface area contributed by atoms with Gasteiger partial charge in [-0.1, -0.05) is 18.2 Å². The zero-order valence-electron chi connectivity index (χ0n) is 13.6. The molecular formula is C17H18N4O4. The third kappa shape index (κ3) is 5.87. The van der Waals surface area contributed by atoms with E-state index in [9.17, 15) is 9.59 Å². The zero-order valence-corrected chi connectivity index (χ0v) is 13.6. The van der Waals surface area contributed by atoms with Crippen molar-refractivity contribution in [2.24, 2.45) is 10.8 Å². The van der Waals surface area contributed by atoms with Gasteiger partial charge in [-0.25, -0.2) is 10.2 Å². The second-order valence-corrected chi connectivity index (χ2v) is 4.85. The van der Waals surface area contributed by atoms with Gasteiger partial charge in [-0.2, -0.15) is 5.10 Å². The number of hydrazone groups is 1. The lowest BCUT2D eigenvalue weighted by molar-refractivity contribution is -0.118. The standard InChI is InChI=1S/C17H18N4O4/c1-24-15-9-12(10-19-21-17(18)23)7-8-14(15)25-11-16(22)20-13-5-3-2-4-6-13/h2-10H,11H2,1H3,(H,20,22)(H3,18,21,23). The topological polar surface area (TPSA) is 115 Å². The molecule has 0 aromatic heterocycles. The number of amides is 3. The molecule has 0 saturated carbocycles. The van der Waals surface area contributed by atoms with Crippen molar-refractivity contribution in [3.63, 3.8) is 0 Å². The summed E-state index contributed by atoms with van der Waals surface area (Å²) >= 11 is 0. The fraction of sp³-hybridized carbons (Fsp3) is 0.118. The van der Waals surface area contributed by atoms with Gasteiger partial charge in [-0.15, -0.1) is 0 Å². The lowest BCUT2D eigenvalue weighted by Crippen LogP contribution is -2.24. The van der Waals surface area contributed by atoms with Gasteiger partial charge in [0, 0.05) is 5.69 Å². The monoisotopic (exact) mass is 342 g/mol. The second-order valence-electron chi connectivity index (χ2n) is 4.85. The number of benzene rings is 2. The lowest BCUT2D eigenvalue weighted by atomic mass is 10.2. The first-order valence-corrected chi connectivity index (χ1v) is 7.32. The molecule has 4 N–H and O–H groups in total. The van der Waals surface area contributed by atoms with Crippen molar-refractivity contribution >= 4 is 23.8 Å². The molecule has 3 amide bonds. The van der Waals surface area contributed by atoms with E-state index in [2.05, 4.69) is 15.8 Å². The molecule has 0 fully saturated rings. The smallest absolute Gasteiger partial charge is 0.332 e. The molecule has 130 valence electrons. The van der Waals surface area contributed by atoms with Gasteiger partial charge in [0.15, 0.2) is 18.1 Å². The summed E-state index contributed by atoms with van der Waals surface area (Å²) in [5.41, 5.74) is 8.36. The van der Waals surface area contributed by atoms with Crippen molar-refractivity contribution in [2.75, 3.05) is 19.0 Å². The molecule has 2 aromatic carbocycles. The number of primary amides is 1. The predicted molar refractivity (Wildman–Crippen MR) is 93.9 cm³/mol. The molecule has 0 aliphatic rings. The fourth-order valence-corrected chi connectivity index (χ4v) is 1.92. The van der Waals surface area contributed by atoms with Gasteiger partial charge < -0.3 is 20.5 Å². The van der Waals surface area contributed by atoms with Crippen LogP contribution in [0.4, 0.5) is 10.5 Å². The van der Waals surface area contributed by atoms with Gasteiger partial charge in [0.25, 0.3) is 5.91 Å². The Balaban J connectivity index is 1.96. The Kier molecular flexibility index (Phi) is 6.35. The van der Waals surface area contributed by atoms with Crippen LogP contribution in [-0.2, 0) is 4.79 Å². The van der Waals surface area contributed by atoms with Gasteiger partial charge >= 0.3 is 6.03 Å². The molecule has 0 aliphatic heterocycles. The van der Waals surface area contributed by atoms with E-state index in [0.29, 0.717) is 22.7 Å². The molecule has 2 rings (SSSR count). The highest BCUT2D eigenvalue weighted by Gasteiger charge is 2.08. The maximum absolute atomic E-state index is 11.9. The van der Waals surface area contributed by atoms with Crippen molar-refractivity contribution in [1.29, 1.82) is 0 Å². The largest absolute Gasteiger partial charge is 0.493 e. The highest BCUT2D eigenvalue weighted by molar-refractivity contribution is 5.91. The number of methoxy groups -OCH3 is 1. The van der Waals surface area contributed by atoms with Crippen molar-refractivity contribution in [2.45, 2.75) is 0 Å². The first-order valence-electron chi connectivity index (χ1n) is 7.32. The molecule has 8 nitrogen and oxygen atoms in total. The number of para-hydroxylation sites is 1. The number of carbonyl (C=O) groups excluding carboxylic acids is 2. The average molecular weight is 342 g/mol. The predicted octanol–water partition coefficient (Wildman–Crippen LogP) is 1.71. The number of ether oxygens (including phenoxy) is 2. The van der Waals surface area contributed by atoms with Gasteiger partial charge in [-0.3, -0.25) is 4.79 Å². The van der Waals surface area contributed by atoms with E-state index in [1.807, 2.05) is 18.2 Å². The van der Waals surface area contributed by atoms with Crippen molar-refractivity contribution in [3.8, 4) is 11.5 Å². The minimum absolute atomic E-state index is 0.165. The SMILES string of the molecule is COc1cc(C=NNC(N)=O)ccc1OCC(=O)Nc1ccccc1. The molecule has 0 atom stereocenters. The van der Waals surface area contributed by atoms with Crippen LogP contribution < -0.4 is 25.9 Å². The van der Waals surface area contributed by atoms with Crippen LogP contribution in [0.5, 0.6) is 11.5 Å². The van der Waals surface area contributed by atoms with E-state index in [-0.39, 0.29) is 12.5 Å². The molecule has 0 saturated heterocycles. The fourth-order valence-electron chi connectivity index (χ4n) is 1.92. The highest BCUT2D eigenvalue weighted by Crippen LogP contribution is 2.27. The van der Waals surface area contributed by atoms with Crippen LogP contribution in [0, 0.1) is 0 Å². The second kappa shape index (κ2) is 8.92. The summed E-state index contributed by atoms with van der Waals surface area (Å²) in [4.78, 5) is 22.5. The Morgan fingerprint density at radius 3 is 2.60 bits per heavy atom. The van der Waals surface area contributed by atoms with Gasteiger partial charge in [0.1, 0.15) is 0 Å². The van der Waals surface area contributed by atoms with Crippen LogP contribution in [0.15, 0.2) is 53.6 Å². The quantitative estimate of drug-likeness (QED) is 0.525. The summed E-state index contributed by atoms with van der Waals surface area (Å²) in [5, 5.41) is 6.38. The van der Waals surface area contributed by atoms with Crippen LogP contribution in [0.25, 0.3) is 0 Å². The van der Waals surface area contributed by atoms with E-state index in [0.717, 1.165) is 0 Å². The van der Waals surface area contributed by atoms with E-state index < -0.39 is 6.03 Å². The maximum atomic E-state index is 11.9. The Hall–Kier alpha value is -3.55. The minimum Gasteiger partial charge on any atom is -0.493 e. The first kappa shape index (κ1) is 17.8. The summed E-state index contributed by atoms with van der Waals surface area (Å²) in [6.07, 6.45) is 1.40. The third-order valence-electron chi connectivity index (χ3n) is 2.99. The summed E-state index contributed by atoms with van der Waals surface area (Å²) in [6.45, 7) is -0.165. The van der Waals surface area contributed by atoms with Crippen LogP contribution >= 0.6 is 0 Å². The molecule has 0 unspecified atom stereocenters. The molecule has 0 spiro atoms. The summed E-state index contributed by atoms with van der Waals surface area (Å²) in [7, 11) is 1.48. The number of carbonyl (C=O) groups is 2. The van der Waals surface area contributed by atoms with Crippen LogP contribution in [0.1, 0.15) is 5.56 Å². The molecular weight excluding hydrogens is 324 g/mol. The minimum atomic E-state index is -0.757. The highest BCUT2D eigenvalue weighted by atomic mass is 16.5. The summed E-state index contributed by atoms with van der Waals surface area (Å²) in [5.74, 6) is 0.547. The number of hydrogen-bond acceptors (Lipinski definition) is 5. The number of anilines is 1. The van der Waals surface area contributed by atoms with E-state index in [1.54, 1.807) is 30.3 Å². The molecule has 0 bridgehead atoms. The van der Waals surface area contributed by atoms with E-state index in [4.69, 9.17) is 15.2 Å². The van der Waals surface area contributed by atoms with Gasteiger partial charge in [-0.05, 0) is 35.9 Å². The third-order valence-corrected chi connectivity index (χ3v) is 2.99. The summed E-state index contributed by atoms with van der Waals surface area (Å²) in [6, 6.07) is 13.3. The zero-order chi connectivity index (χ0) is 18.1. The molecule has 0 aliphatic carbocycles. The van der Waals surface area contributed by atoms with E-state index in [1.165, 1.54) is 13.3 Å². The molecule has 2 aromatic rings. The average Bonchev–Trinajstić information content (AvgIpc) is 2.61. The molecule has 0 heterocycles. The normalized spacial score (nSPS) is 10.3. The van der Waals surface area contributed by atoms with Crippen molar-refractivity contribution in [1.82, 2.24) is 5.43 Å². The number of nitrogens with one attached hydrogen (secondary N) is 2. The van der Waals surface area contributed by atoms with Gasteiger partial charge in [0.05, 0.1) is 13.3 Å². The molecule has 25 heavy (non-hydrogen) atoms. The Morgan fingerprint density at radius 2 is 1.92 bits per heavy atom. The molecule has 8 heteroatoms. The number of hydrogen-bond donors (Lipinski definition) is 3. The van der Waals surface area contributed by atoms with Crippen LogP contribution in [0.3, 0.4) is 0 Å². The lowest BCUT2D eigenvalue weighted by Gasteiger charge is -2.11. The molecule has 0 radical (unpaired) electrons. The number of urea groups is 1. The Bertz CT molecular complexity index is 762. The first-order chi connectivity index (χ1) is 12.1. The maximum Gasteiger partial charge on any atom is 0.332 e. The van der Waals surface area contributed by atoms with Crippen LogP contribution in [-0.4, -0.2) is 31.9 Å². The van der Waals surface area contributed by atoms with Crippen LogP contribution in [0.2, 0.25) is 0 Å². The number of nitrogens with zero attached hydrogens (tertiary/aromatic N) is 1. The van der Waals surface area contributed by atoms with Gasteiger partial charge in [0.2, 0.25) is 0 Å². The Labute approximate surface area is 144 Å². The number of rotatable bonds is 7. The van der Waals surface area contributed by atoms with Crippen molar-refractivity contribution < 1.29 is 19.1 Å². The van der Waals surface area contributed by atoms with E-state index >= 15 is 0 Å².